The largest absolute Gasteiger partial charge is 0.502 e. The number of hydrogen-bond acceptors (Lipinski definition) is 5. The van der Waals surface area contributed by atoms with E-state index in [0.29, 0.717) is 0 Å². The number of Topliss-reactive ketones (excluding diaryl/α,β-unsaturated/α-hetero) is 1. The molecule has 0 saturated carbocycles. The highest BCUT2D eigenvalue weighted by atomic mass is 16.6. The summed E-state index contributed by atoms with van der Waals surface area (Å²) in [4.78, 5) is 21.0. The molecular formula is C9H9NO5. The molecule has 0 radical (unpaired) electrons. The molecule has 0 heterocycles. The van der Waals surface area contributed by atoms with E-state index in [1.165, 1.54) is 13.2 Å². The smallest absolute Gasteiger partial charge is 0.311 e. The van der Waals surface area contributed by atoms with E-state index < -0.39 is 16.4 Å². The van der Waals surface area contributed by atoms with Crippen molar-refractivity contribution in [3.8, 4) is 5.75 Å². The third-order valence-electron chi connectivity index (χ3n) is 1.77. The van der Waals surface area contributed by atoms with Gasteiger partial charge in [-0.25, -0.2) is 0 Å². The number of aromatic hydroxyl groups is 1. The number of phenols is 1. The zero-order chi connectivity index (χ0) is 11.4. The first-order valence-electron chi connectivity index (χ1n) is 4.05. The number of hydrogen-bond donors (Lipinski definition) is 1. The molecule has 0 aromatic heterocycles. The average Bonchev–Trinajstić information content (AvgIpc) is 2.18. The Morgan fingerprint density at radius 2 is 2.27 bits per heavy atom. The van der Waals surface area contributed by atoms with Crippen LogP contribution in [0.1, 0.15) is 10.4 Å². The first kappa shape index (κ1) is 11.1. The van der Waals surface area contributed by atoms with Crippen molar-refractivity contribution < 1.29 is 19.6 Å². The molecule has 0 saturated heterocycles. The molecule has 80 valence electrons. The average molecular weight is 211 g/mol. The molecule has 0 aliphatic heterocycles. The van der Waals surface area contributed by atoms with Crippen LogP contribution >= 0.6 is 0 Å². The molecule has 0 unspecified atom stereocenters. The van der Waals surface area contributed by atoms with Gasteiger partial charge >= 0.3 is 5.69 Å². The second-order valence-corrected chi connectivity index (χ2v) is 2.82. The van der Waals surface area contributed by atoms with E-state index in [0.717, 1.165) is 12.1 Å². The number of phenolic OH excluding ortho intramolecular Hbond substituents is 1. The summed E-state index contributed by atoms with van der Waals surface area (Å²) in [6.45, 7) is -0.151. The molecule has 0 spiro atoms. The van der Waals surface area contributed by atoms with E-state index in [-0.39, 0.29) is 18.0 Å². The summed E-state index contributed by atoms with van der Waals surface area (Å²) in [7, 11) is 1.35. The van der Waals surface area contributed by atoms with Gasteiger partial charge < -0.3 is 9.84 Å². The van der Waals surface area contributed by atoms with Gasteiger partial charge in [0.1, 0.15) is 6.61 Å². The lowest BCUT2D eigenvalue weighted by Crippen LogP contribution is -2.07. The zero-order valence-electron chi connectivity index (χ0n) is 7.97. The molecule has 1 aromatic carbocycles. The lowest BCUT2D eigenvalue weighted by Gasteiger charge is -2.00. The molecule has 6 nitrogen and oxygen atoms in total. The van der Waals surface area contributed by atoms with Crippen molar-refractivity contribution in [2.45, 2.75) is 0 Å². The van der Waals surface area contributed by atoms with Gasteiger partial charge in [-0.2, -0.15) is 0 Å². The number of benzene rings is 1. The molecule has 0 aliphatic rings. The van der Waals surface area contributed by atoms with Gasteiger partial charge in [0, 0.05) is 18.7 Å². The van der Waals surface area contributed by atoms with Crippen LogP contribution in [0.5, 0.6) is 5.75 Å². The lowest BCUT2D eigenvalue weighted by atomic mass is 10.1. The molecule has 0 bridgehead atoms. The highest BCUT2D eigenvalue weighted by molar-refractivity contribution is 5.97. The van der Waals surface area contributed by atoms with E-state index in [1.807, 2.05) is 0 Å². The van der Waals surface area contributed by atoms with Crippen molar-refractivity contribution in [3.05, 3.63) is 33.9 Å². The molecule has 1 N–H and O–H groups in total. The summed E-state index contributed by atoms with van der Waals surface area (Å²) in [6, 6.07) is 3.45. The van der Waals surface area contributed by atoms with Crippen LogP contribution in [0.2, 0.25) is 0 Å². The minimum Gasteiger partial charge on any atom is -0.502 e. The molecule has 0 amide bonds. The number of methoxy groups -OCH3 is 1. The van der Waals surface area contributed by atoms with E-state index in [2.05, 4.69) is 4.74 Å². The summed E-state index contributed by atoms with van der Waals surface area (Å²) in [5.74, 6) is -0.838. The molecule has 1 aromatic rings. The van der Waals surface area contributed by atoms with E-state index in [4.69, 9.17) is 5.11 Å². The molecule has 1 rings (SSSR count). The minimum absolute atomic E-state index is 0.140. The maximum Gasteiger partial charge on any atom is 0.311 e. The maximum absolute atomic E-state index is 11.3. The van der Waals surface area contributed by atoms with Gasteiger partial charge in [0.25, 0.3) is 0 Å². The van der Waals surface area contributed by atoms with Crippen molar-refractivity contribution in [2.24, 2.45) is 0 Å². The summed E-state index contributed by atoms with van der Waals surface area (Å²) in [5.41, 5.74) is -0.349. The number of ether oxygens (including phenoxy) is 1. The highest BCUT2D eigenvalue weighted by Gasteiger charge is 2.16. The van der Waals surface area contributed by atoms with Gasteiger partial charge in [-0.1, -0.05) is 0 Å². The topological polar surface area (TPSA) is 89.7 Å². The Morgan fingerprint density at radius 1 is 1.60 bits per heavy atom. The van der Waals surface area contributed by atoms with Crippen molar-refractivity contribution in [1.29, 1.82) is 0 Å². The standard InChI is InChI=1S/C9H9NO5/c1-15-5-9(12)6-2-3-8(11)7(4-6)10(13)14/h2-4,11H,5H2,1H3. The highest BCUT2D eigenvalue weighted by Crippen LogP contribution is 2.26. The number of ketones is 1. The van der Waals surface area contributed by atoms with Gasteiger partial charge in [-0.05, 0) is 12.1 Å². The fourth-order valence-corrected chi connectivity index (χ4v) is 1.06. The van der Waals surface area contributed by atoms with Crippen LogP contribution in [0.3, 0.4) is 0 Å². The predicted octanol–water partition coefficient (Wildman–Crippen LogP) is 1.13. The van der Waals surface area contributed by atoms with Crippen LogP contribution in [0.25, 0.3) is 0 Å². The lowest BCUT2D eigenvalue weighted by molar-refractivity contribution is -0.385. The first-order chi connectivity index (χ1) is 7.06. The fourth-order valence-electron chi connectivity index (χ4n) is 1.06. The Kier molecular flexibility index (Phi) is 3.35. The second kappa shape index (κ2) is 4.52. The Morgan fingerprint density at radius 3 is 2.80 bits per heavy atom. The van der Waals surface area contributed by atoms with Crippen molar-refractivity contribution >= 4 is 11.5 Å². The normalized spacial score (nSPS) is 9.93. The molecule has 15 heavy (non-hydrogen) atoms. The number of rotatable bonds is 4. The molecule has 0 aliphatic carbocycles. The van der Waals surface area contributed by atoms with E-state index in [1.54, 1.807) is 0 Å². The van der Waals surface area contributed by atoms with Crippen molar-refractivity contribution in [3.63, 3.8) is 0 Å². The van der Waals surface area contributed by atoms with Gasteiger partial charge in [0.2, 0.25) is 0 Å². The third-order valence-corrected chi connectivity index (χ3v) is 1.77. The van der Waals surface area contributed by atoms with Crippen LogP contribution in [-0.2, 0) is 4.74 Å². The van der Waals surface area contributed by atoms with Crippen LogP contribution in [0.15, 0.2) is 18.2 Å². The number of nitro groups is 1. The quantitative estimate of drug-likeness (QED) is 0.458. The van der Waals surface area contributed by atoms with Crippen LogP contribution in [-0.4, -0.2) is 29.5 Å². The second-order valence-electron chi connectivity index (χ2n) is 2.82. The summed E-state index contributed by atoms with van der Waals surface area (Å²) in [5, 5.41) is 19.6. The summed E-state index contributed by atoms with van der Waals surface area (Å²) < 4.78 is 4.61. The Bertz CT molecular complexity index is 401. The van der Waals surface area contributed by atoms with Gasteiger partial charge in [0.05, 0.1) is 4.92 Å². The first-order valence-corrected chi connectivity index (χ1v) is 4.05. The van der Waals surface area contributed by atoms with Gasteiger partial charge in [-0.3, -0.25) is 14.9 Å². The van der Waals surface area contributed by atoms with Crippen molar-refractivity contribution in [2.75, 3.05) is 13.7 Å². The zero-order valence-corrected chi connectivity index (χ0v) is 7.97. The number of nitro benzene ring substituents is 1. The Balaban J connectivity index is 3.07. The molecular weight excluding hydrogens is 202 g/mol. The Hall–Kier alpha value is -1.95. The molecule has 0 atom stereocenters. The van der Waals surface area contributed by atoms with Crippen LogP contribution < -0.4 is 0 Å². The number of carbonyl (C=O) groups is 1. The molecule has 0 fully saturated rings. The summed E-state index contributed by atoms with van der Waals surface area (Å²) >= 11 is 0. The Labute approximate surface area is 85.2 Å². The molecule has 6 heteroatoms. The monoisotopic (exact) mass is 211 g/mol. The van der Waals surface area contributed by atoms with E-state index in [9.17, 15) is 14.9 Å². The van der Waals surface area contributed by atoms with Crippen LogP contribution in [0.4, 0.5) is 5.69 Å². The van der Waals surface area contributed by atoms with E-state index >= 15 is 0 Å². The number of nitrogens with zero attached hydrogens (tertiary/aromatic N) is 1. The van der Waals surface area contributed by atoms with Crippen molar-refractivity contribution in [1.82, 2.24) is 0 Å². The third kappa shape index (κ3) is 2.50. The van der Waals surface area contributed by atoms with Gasteiger partial charge in [-0.15, -0.1) is 0 Å². The van der Waals surface area contributed by atoms with Crippen LogP contribution in [0, 0.1) is 10.1 Å². The van der Waals surface area contributed by atoms with Gasteiger partial charge in [0.15, 0.2) is 11.5 Å². The summed E-state index contributed by atoms with van der Waals surface area (Å²) in [6.07, 6.45) is 0. The predicted molar refractivity (Wildman–Crippen MR) is 51.0 cm³/mol. The number of carbonyl (C=O) groups excluding carboxylic acids is 1. The maximum atomic E-state index is 11.3. The SMILES string of the molecule is COCC(=O)c1ccc(O)c([N+](=O)[O-])c1. The minimum atomic E-state index is -0.751. The fraction of sp³-hybridized carbons (Fsp3) is 0.222.